The van der Waals surface area contributed by atoms with E-state index in [0.29, 0.717) is 38.3 Å². The van der Waals surface area contributed by atoms with Crippen molar-refractivity contribution < 1.29 is 17.9 Å². The molecule has 4 rings (SSSR count). The molecule has 0 radical (unpaired) electrons. The van der Waals surface area contributed by atoms with Crippen LogP contribution in [0.2, 0.25) is 0 Å². The van der Waals surface area contributed by atoms with Gasteiger partial charge in [0.25, 0.3) is 0 Å². The maximum atomic E-state index is 13.6. The third kappa shape index (κ3) is 4.43. The molecule has 0 unspecified atom stereocenters. The highest BCUT2D eigenvalue weighted by Gasteiger charge is 2.38. The van der Waals surface area contributed by atoms with Crippen LogP contribution in [0, 0.1) is 12.7 Å². The first kappa shape index (κ1) is 21.4. The smallest absolute Gasteiger partial charge is 0.243 e. The fraction of sp³-hybridized carbons (Fsp3) is 0.455. The SMILES string of the molecule is Cc1ccc(F)cc1S(=O)(=O)N1CCN([C@@H]2CN(Cc3ccccc3)C[C@H]2O)CC1. The first-order valence-corrected chi connectivity index (χ1v) is 11.7. The fourth-order valence-electron chi connectivity index (χ4n) is 4.44. The third-order valence-electron chi connectivity index (χ3n) is 6.09. The van der Waals surface area contributed by atoms with Crippen molar-refractivity contribution in [3.05, 3.63) is 65.5 Å². The number of piperazine rings is 1. The van der Waals surface area contributed by atoms with Crippen molar-refractivity contribution in [2.45, 2.75) is 30.5 Å². The van der Waals surface area contributed by atoms with Crippen LogP contribution < -0.4 is 0 Å². The molecule has 2 aromatic rings. The largest absolute Gasteiger partial charge is 0.390 e. The number of aliphatic hydroxyl groups excluding tert-OH is 1. The van der Waals surface area contributed by atoms with Crippen molar-refractivity contribution in [1.82, 2.24) is 14.1 Å². The van der Waals surface area contributed by atoms with Crippen LogP contribution in [0.3, 0.4) is 0 Å². The van der Waals surface area contributed by atoms with E-state index in [9.17, 15) is 17.9 Å². The van der Waals surface area contributed by atoms with Crippen LogP contribution in [0.25, 0.3) is 0 Å². The number of rotatable bonds is 5. The number of nitrogens with zero attached hydrogens (tertiary/aromatic N) is 3. The second-order valence-corrected chi connectivity index (χ2v) is 10.1. The predicted octanol–water partition coefficient (Wildman–Crippen LogP) is 1.69. The van der Waals surface area contributed by atoms with Crippen LogP contribution >= 0.6 is 0 Å². The average Bonchev–Trinajstić information content (AvgIpc) is 3.10. The topological polar surface area (TPSA) is 64.1 Å². The van der Waals surface area contributed by atoms with Gasteiger partial charge in [-0.15, -0.1) is 0 Å². The maximum Gasteiger partial charge on any atom is 0.243 e. The van der Waals surface area contributed by atoms with Crippen molar-refractivity contribution >= 4 is 10.0 Å². The molecular weight excluding hydrogens is 405 g/mol. The summed E-state index contributed by atoms with van der Waals surface area (Å²) in [6.45, 7) is 5.61. The molecule has 2 saturated heterocycles. The van der Waals surface area contributed by atoms with E-state index in [1.54, 1.807) is 6.92 Å². The third-order valence-corrected chi connectivity index (χ3v) is 8.13. The Kier molecular flexibility index (Phi) is 6.22. The Hall–Kier alpha value is -1.84. The molecule has 2 aliphatic rings. The Morgan fingerprint density at radius 2 is 1.73 bits per heavy atom. The molecule has 0 saturated carbocycles. The van der Waals surface area contributed by atoms with Crippen LogP contribution in [-0.2, 0) is 16.6 Å². The Bertz CT molecular complexity index is 978. The van der Waals surface area contributed by atoms with Gasteiger partial charge in [0.15, 0.2) is 0 Å². The molecule has 2 atom stereocenters. The Morgan fingerprint density at radius 1 is 1.03 bits per heavy atom. The molecule has 0 bridgehead atoms. The zero-order valence-electron chi connectivity index (χ0n) is 17.1. The molecule has 30 heavy (non-hydrogen) atoms. The normalized spacial score (nSPS) is 24.4. The predicted molar refractivity (Wildman–Crippen MR) is 113 cm³/mol. The number of benzene rings is 2. The zero-order chi connectivity index (χ0) is 21.3. The first-order valence-electron chi connectivity index (χ1n) is 10.3. The van der Waals surface area contributed by atoms with E-state index in [-0.39, 0.29) is 10.9 Å². The highest BCUT2D eigenvalue weighted by Crippen LogP contribution is 2.25. The van der Waals surface area contributed by atoms with Crippen LogP contribution in [0.5, 0.6) is 0 Å². The van der Waals surface area contributed by atoms with Crippen LogP contribution in [-0.4, -0.2) is 79.0 Å². The van der Waals surface area contributed by atoms with Crippen LogP contribution in [0.1, 0.15) is 11.1 Å². The molecule has 6 nitrogen and oxygen atoms in total. The number of aryl methyl sites for hydroxylation is 1. The molecular formula is C22H28FN3O3S. The van der Waals surface area contributed by atoms with Gasteiger partial charge in [-0.2, -0.15) is 4.31 Å². The van der Waals surface area contributed by atoms with Gasteiger partial charge in [-0.3, -0.25) is 9.80 Å². The van der Waals surface area contributed by atoms with Gasteiger partial charge in [-0.1, -0.05) is 36.4 Å². The summed E-state index contributed by atoms with van der Waals surface area (Å²) in [5.74, 6) is -0.551. The standard InChI is InChI=1S/C22H28FN3O3S/c1-17-7-8-19(23)13-22(17)30(28,29)26-11-9-25(10-12-26)20-15-24(16-21(20)27)14-18-5-3-2-4-6-18/h2-8,13,20-21,27H,9-12,14-16H2,1H3/t20-,21-/m1/s1. The lowest BCUT2D eigenvalue weighted by atomic mass is 10.1. The monoisotopic (exact) mass is 433 g/mol. The number of hydrogen-bond donors (Lipinski definition) is 1. The molecule has 2 aliphatic heterocycles. The lowest BCUT2D eigenvalue weighted by Gasteiger charge is -2.38. The fourth-order valence-corrected chi connectivity index (χ4v) is 6.10. The molecule has 2 aromatic carbocycles. The summed E-state index contributed by atoms with van der Waals surface area (Å²) in [6, 6.07) is 14.0. The van der Waals surface area contributed by atoms with Gasteiger partial charge in [0.05, 0.1) is 11.0 Å². The van der Waals surface area contributed by atoms with Crippen LogP contribution in [0.15, 0.2) is 53.4 Å². The van der Waals surface area contributed by atoms with Gasteiger partial charge in [-0.05, 0) is 30.2 Å². The number of β-amino-alcohol motifs (C(OH)–C–C–N with tert-alkyl or cyclic N) is 1. The summed E-state index contributed by atoms with van der Waals surface area (Å²) in [4.78, 5) is 4.45. The van der Waals surface area contributed by atoms with Crippen molar-refractivity contribution in [1.29, 1.82) is 0 Å². The number of hydrogen-bond acceptors (Lipinski definition) is 5. The second-order valence-electron chi connectivity index (χ2n) is 8.16. The molecule has 1 N–H and O–H groups in total. The number of likely N-dealkylation sites (tertiary alicyclic amines) is 1. The van der Waals surface area contributed by atoms with Gasteiger partial charge in [0.2, 0.25) is 10.0 Å². The summed E-state index contributed by atoms with van der Waals surface area (Å²) in [5, 5.41) is 10.6. The average molecular weight is 434 g/mol. The van der Waals surface area contributed by atoms with Gasteiger partial charge in [0.1, 0.15) is 5.82 Å². The van der Waals surface area contributed by atoms with E-state index in [4.69, 9.17) is 0 Å². The first-order chi connectivity index (χ1) is 14.3. The molecule has 0 amide bonds. The highest BCUT2D eigenvalue weighted by atomic mass is 32.2. The molecule has 0 aliphatic carbocycles. The van der Waals surface area contributed by atoms with Crippen molar-refractivity contribution in [3.8, 4) is 0 Å². The summed E-state index contributed by atoms with van der Waals surface area (Å²) in [5.41, 5.74) is 1.76. The number of halogens is 1. The molecule has 2 heterocycles. The molecule has 0 aromatic heterocycles. The van der Waals surface area contributed by atoms with Crippen molar-refractivity contribution in [2.75, 3.05) is 39.3 Å². The minimum atomic E-state index is -3.73. The van der Waals surface area contributed by atoms with Gasteiger partial charge >= 0.3 is 0 Å². The number of aliphatic hydroxyl groups is 1. The van der Waals surface area contributed by atoms with E-state index >= 15 is 0 Å². The summed E-state index contributed by atoms with van der Waals surface area (Å²) < 4.78 is 41.0. The minimum absolute atomic E-state index is 0.00512. The Morgan fingerprint density at radius 3 is 2.43 bits per heavy atom. The van der Waals surface area contributed by atoms with E-state index in [0.717, 1.165) is 19.2 Å². The molecule has 0 spiro atoms. The Labute approximate surface area is 177 Å². The summed E-state index contributed by atoms with van der Waals surface area (Å²) in [6.07, 6.45) is -0.456. The van der Waals surface area contributed by atoms with Gasteiger partial charge in [0, 0.05) is 51.9 Å². The molecule has 2 fully saturated rings. The lowest BCUT2D eigenvalue weighted by molar-refractivity contribution is 0.0618. The molecule has 162 valence electrons. The zero-order valence-corrected chi connectivity index (χ0v) is 17.9. The second kappa shape index (κ2) is 8.72. The van der Waals surface area contributed by atoms with Crippen molar-refractivity contribution in [3.63, 3.8) is 0 Å². The number of sulfonamides is 1. The minimum Gasteiger partial charge on any atom is -0.390 e. The Balaban J connectivity index is 1.38. The summed E-state index contributed by atoms with van der Waals surface area (Å²) in [7, 11) is -3.73. The van der Waals surface area contributed by atoms with E-state index in [1.807, 2.05) is 18.2 Å². The van der Waals surface area contributed by atoms with E-state index in [2.05, 4.69) is 21.9 Å². The lowest BCUT2D eigenvalue weighted by Crippen LogP contribution is -2.54. The van der Waals surface area contributed by atoms with Crippen LogP contribution in [0.4, 0.5) is 4.39 Å². The van der Waals surface area contributed by atoms with Crippen molar-refractivity contribution in [2.24, 2.45) is 0 Å². The van der Waals surface area contributed by atoms with E-state index < -0.39 is 21.9 Å². The highest BCUT2D eigenvalue weighted by molar-refractivity contribution is 7.89. The maximum absolute atomic E-state index is 13.6. The van der Waals surface area contributed by atoms with Gasteiger partial charge < -0.3 is 5.11 Å². The van der Waals surface area contributed by atoms with Gasteiger partial charge in [-0.25, -0.2) is 12.8 Å². The summed E-state index contributed by atoms with van der Waals surface area (Å²) >= 11 is 0. The molecule has 8 heteroatoms. The quantitative estimate of drug-likeness (QED) is 0.778. The van der Waals surface area contributed by atoms with E-state index in [1.165, 1.54) is 22.0 Å².